The first-order chi connectivity index (χ1) is 14.3. The lowest BCUT2D eigenvalue weighted by molar-refractivity contribution is 0.469. The van der Waals surface area contributed by atoms with Gasteiger partial charge in [0.25, 0.3) is 10.0 Å². The van der Waals surface area contributed by atoms with Crippen LogP contribution in [0.2, 0.25) is 0 Å². The Morgan fingerprint density at radius 1 is 0.833 bits per heavy atom. The fraction of sp³-hybridized carbons (Fsp3) is 0.0833. The zero-order valence-corrected chi connectivity index (χ0v) is 18.2. The minimum absolute atomic E-state index is 0.133. The molecule has 0 saturated carbocycles. The van der Waals surface area contributed by atoms with Crippen LogP contribution < -0.4 is 4.72 Å². The van der Waals surface area contributed by atoms with Gasteiger partial charge in [0.15, 0.2) is 0 Å². The van der Waals surface area contributed by atoms with Gasteiger partial charge in [0.1, 0.15) is 5.75 Å². The second-order valence-corrected chi connectivity index (χ2v) is 9.87. The lowest BCUT2D eigenvalue weighted by atomic mass is 10.1. The summed E-state index contributed by atoms with van der Waals surface area (Å²) in [5, 5.41) is 12.1. The van der Waals surface area contributed by atoms with E-state index in [1.165, 1.54) is 11.8 Å². The molecule has 0 unspecified atom stereocenters. The van der Waals surface area contributed by atoms with Crippen LogP contribution in [-0.2, 0) is 10.0 Å². The van der Waals surface area contributed by atoms with Gasteiger partial charge < -0.3 is 5.11 Å². The summed E-state index contributed by atoms with van der Waals surface area (Å²) in [6, 6.07) is 23.8. The molecule has 0 atom stereocenters. The zero-order valence-electron chi connectivity index (χ0n) is 16.6. The van der Waals surface area contributed by atoms with E-state index in [4.69, 9.17) is 0 Å². The number of aromatic hydroxyl groups is 1. The third kappa shape index (κ3) is 4.01. The van der Waals surface area contributed by atoms with E-state index in [9.17, 15) is 13.5 Å². The Kier molecular flexibility index (Phi) is 5.45. The average Bonchev–Trinajstić information content (AvgIpc) is 2.72. The minimum Gasteiger partial charge on any atom is -0.506 e. The van der Waals surface area contributed by atoms with Crippen LogP contribution in [0.15, 0.2) is 93.5 Å². The van der Waals surface area contributed by atoms with Crippen LogP contribution >= 0.6 is 11.8 Å². The van der Waals surface area contributed by atoms with E-state index in [0.717, 1.165) is 10.5 Å². The zero-order chi connectivity index (χ0) is 21.3. The smallest absolute Gasteiger partial charge is 0.262 e. The van der Waals surface area contributed by atoms with E-state index >= 15 is 0 Å². The first-order valence-corrected chi connectivity index (χ1v) is 11.7. The van der Waals surface area contributed by atoms with E-state index in [0.29, 0.717) is 26.9 Å². The summed E-state index contributed by atoms with van der Waals surface area (Å²) in [6.45, 7) is 3.71. The molecule has 0 saturated heterocycles. The van der Waals surface area contributed by atoms with Crippen LogP contribution in [0.25, 0.3) is 10.8 Å². The van der Waals surface area contributed by atoms with Crippen molar-refractivity contribution in [1.82, 2.24) is 0 Å². The molecule has 2 N–H and O–H groups in total. The molecular formula is C24H21NO3S2. The summed E-state index contributed by atoms with van der Waals surface area (Å²) >= 11 is 1.39. The van der Waals surface area contributed by atoms with E-state index in [-0.39, 0.29) is 10.6 Å². The molecule has 0 bridgehead atoms. The summed E-state index contributed by atoms with van der Waals surface area (Å²) in [5.41, 5.74) is 2.12. The largest absolute Gasteiger partial charge is 0.506 e. The van der Waals surface area contributed by atoms with Crippen molar-refractivity contribution in [1.29, 1.82) is 0 Å². The molecule has 0 fully saturated rings. The summed E-state index contributed by atoms with van der Waals surface area (Å²) in [5.74, 6) is 0.133. The Morgan fingerprint density at radius 2 is 1.50 bits per heavy atom. The molecule has 4 nitrogen and oxygen atoms in total. The number of hydrogen-bond acceptors (Lipinski definition) is 4. The van der Waals surface area contributed by atoms with Gasteiger partial charge in [-0.3, -0.25) is 4.72 Å². The fourth-order valence-electron chi connectivity index (χ4n) is 3.41. The summed E-state index contributed by atoms with van der Waals surface area (Å²) in [7, 11) is -3.80. The Bertz CT molecular complexity index is 1330. The van der Waals surface area contributed by atoms with Crippen LogP contribution in [0.3, 0.4) is 0 Å². The van der Waals surface area contributed by atoms with Crippen LogP contribution in [0.5, 0.6) is 5.75 Å². The van der Waals surface area contributed by atoms with Crippen molar-refractivity contribution in [3.63, 3.8) is 0 Å². The molecule has 0 aliphatic rings. The van der Waals surface area contributed by atoms with E-state index in [2.05, 4.69) is 4.72 Å². The molecule has 30 heavy (non-hydrogen) atoms. The van der Waals surface area contributed by atoms with Crippen molar-refractivity contribution in [2.75, 3.05) is 4.72 Å². The number of benzene rings is 4. The number of hydrogen-bond donors (Lipinski definition) is 2. The first kappa shape index (κ1) is 20.3. The lowest BCUT2D eigenvalue weighted by Crippen LogP contribution is -2.14. The van der Waals surface area contributed by atoms with Gasteiger partial charge in [-0.1, -0.05) is 71.9 Å². The van der Waals surface area contributed by atoms with Gasteiger partial charge in [0.2, 0.25) is 0 Å². The fourth-order valence-corrected chi connectivity index (χ4v) is 5.64. The number of aryl methyl sites for hydroxylation is 2. The molecule has 6 heteroatoms. The summed E-state index contributed by atoms with van der Waals surface area (Å²) in [6.07, 6.45) is 0. The van der Waals surface area contributed by atoms with Crippen molar-refractivity contribution < 1.29 is 13.5 Å². The SMILES string of the molecule is Cc1ccc(S(=O)(=O)Nc2cc(Sc3ccccc3)c(O)c3ccccc23)c(C)c1. The molecule has 4 aromatic rings. The molecule has 0 spiro atoms. The third-order valence-corrected chi connectivity index (χ3v) is 7.38. The molecule has 0 aliphatic carbocycles. The molecule has 4 rings (SSSR count). The van der Waals surface area contributed by atoms with Crippen molar-refractivity contribution in [3.05, 3.63) is 90.0 Å². The number of phenols is 1. The Labute approximate surface area is 180 Å². The van der Waals surface area contributed by atoms with Crippen LogP contribution in [0.4, 0.5) is 5.69 Å². The quantitative estimate of drug-likeness (QED) is 0.371. The molecule has 0 amide bonds. The standard InChI is InChI=1S/C24H21NO3S2/c1-16-12-13-23(17(2)14-16)30(27,28)25-21-15-22(29-18-8-4-3-5-9-18)24(26)20-11-7-6-10-19(20)21/h3-15,25-26H,1-2H3. The molecule has 0 aliphatic heterocycles. The van der Waals surface area contributed by atoms with Crippen LogP contribution in [0, 0.1) is 13.8 Å². The highest BCUT2D eigenvalue weighted by atomic mass is 32.2. The van der Waals surface area contributed by atoms with Crippen LogP contribution in [-0.4, -0.2) is 13.5 Å². The van der Waals surface area contributed by atoms with Crippen LogP contribution in [0.1, 0.15) is 11.1 Å². The van der Waals surface area contributed by atoms with Gasteiger partial charge >= 0.3 is 0 Å². The van der Waals surface area contributed by atoms with E-state index in [1.807, 2.05) is 55.5 Å². The van der Waals surface area contributed by atoms with Crippen molar-refractivity contribution in [2.45, 2.75) is 28.5 Å². The minimum atomic E-state index is -3.80. The first-order valence-electron chi connectivity index (χ1n) is 9.43. The van der Waals surface area contributed by atoms with Crippen molar-refractivity contribution in [2.24, 2.45) is 0 Å². The van der Waals surface area contributed by atoms with Gasteiger partial charge in [-0.25, -0.2) is 8.42 Å². The normalized spacial score (nSPS) is 11.5. The van der Waals surface area contributed by atoms with Gasteiger partial charge in [-0.15, -0.1) is 0 Å². The number of phenolic OH excluding ortho intramolecular Hbond substituents is 1. The van der Waals surface area contributed by atoms with Crippen molar-refractivity contribution in [3.8, 4) is 5.75 Å². The number of nitrogens with one attached hydrogen (secondary N) is 1. The number of rotatable bonds is 5. The second kappa shape index (κ2) is 8.05. The Balaban J connectivity index is 1.82. The average molecular weight is 436 g/mol. The molecule has 0 aromatic heterocycles. The Morgan fingerprint density at radius 3 is 2.20 bits per heavy atom. The van der Waals surface area contributed by atoms with E-state index < -0.39 is 10.0 Å². The molecule has 0 heterocycles. The monoisotopic (exact) mass is 435 g/mol. The van der Waals surface area contributed by atoms with E-state index in [1.54, 1.807) is 37.3 Å². The highest BCUT2D eigenvalue weighted by molar-refractivity contribution is 7.99. The predicted octanol–water partition coefficient (Wildman–Crippen LogP) is 6.11. The van der Waals surface area contributed by atoms with Crippen molar-refractivity contribution >= 4 is 38.2 Å². The number of sulfonamides is 1. The summed E-state index contributed by atoms with van der Waals surface area (Å²) < 4.78 is 29.0. The maximum absolute atomic E-state index is 13.2. The van der Waals surface area contributed by atoms with Gasteiger partial charge in [0, 0.05) is 15.7 Å². The molecular weight excluding hydrogens is 414 g/mol. The molecule has 4 aromatic carbocycles. The number of anilines is 1. The highest BCUT2D eigenvalue weighted by Gasteiger charge is 2.20. The van der Waals surface area contributed by atoms with Gasteiger partial charge in [0.05, 0.1) is 15.5 Å². The second-order valence-electron chi connectivity index (χ2n) is 7.11. The molecule has 0 radical (unpaired) electrons. The predicted molar refractivity (Wildman–Crippen MR) is 123 cm³/mol. The maximum Gasteiger partial charge on any atom is 0.262 e. The lowest BCUT2D eigenvalue weighted by Gasteiger charge is -2.16. The van der Waals surface area contributed by atoms with Gasteiger partial charge in [-0.05, 0) is 43.7 Å². The van der Waals surface area contributed by atoms with Gasteiger partial charge in [-0.2, -0.15) is 0 Å². The Hall–Kier alpha value is -2.96. The molecule has 152 valence electrons. The highest BCUT2D eigenvalue weighted by Crippen LogP contribution is 2.43. The number of fused-ring (bicyclic) bond motifs is 1. The maximum atomic E-state index is 13.2. The topological polar surface area (TPSA) is 66.4 Å². The third-order valence-electron chi connectivity index (χ3n) is 4.82. The summed E-state index contributed by atoms with van der Waals surface area (Å²) in [4.78, 5) is 1.77.